The van der Waals surface area contributed by atoms with Crippen LogP contribution in [0.3, 0.4) is 0 Å². The highest BCUT2D eigenvalue weighted by Gasteiger charge is 2.10. The van der Waals surface area contributed by atoms with Gasteiger partial charge in [-0.2, -0.15) is 0 Å². The van der Waals surface area contributed by atoms with Gasteiger partial charge < -0.3 is 4.74 Å². The fraction of sp³-hybridized carbons (Fsp3) is 0.0833. The molecule has 0 fully saturated rings. The summed E-state index contributed by atoms with van der Waals surface area (Å²) in [6, 6.07) is 12.8. The molecule has 0 radical (unpaired) electrons. The summed E-state index contributed by atoms with van der Waals surface area (Å²) in [6.45, 7) is 0.260. The first kappa shape index (κ1) is 10.3. The second kappa shape index (κ2) is 5.02. The van der Waals surface area contributed by atoms with Crippen LogP contribution in [0.2, 0.25) is 0 Å². The van der Waals surface area contributed by atoms with Gasteiger partial charge in [-0.25, -0.2) is 4.79 Å². The number of benzene rings is 1. The van der Waals surface area contributed by atoms with E-state index in [-0.39, 0.29) is 12.3 Å². The Morgan fingerprint density at radius 1 is 1.19 bits per heavy atom. The second-order valence-electron chi connectivity index (χ2n) is 3.21. The standard InChI is InChI=1S/C12H10N2O2/c15-12(11-7-4-8-13-14-11)16-9-10-5-2-1-3-6-10/h1-8H,9H2/p+1. The van der Waals surface area contributed by atoms with Crippen LogP contribution in [0.25, 0.3) is 0 Å². The van der Waals surface area contributed by atoms with E-state index in [0.29, 0.717) is 0 Å². The number of esters is 1. The molecule has 0 atom stereocenters. The zero-order valence-electron chi connectivity index (χ0n) is 8.59. The van der Waals surface area contributed by atoms with E-state index in [4.69, 9.17) is 4.74 Å². The van der Waals surface area contributed by atoms with Crippen LogP contribution in [-0.4, -0.2) is 11.1 Å². The number of nitrogens with one attached hydrogen (secondary N) is 1. The second-order valence-corrected chi connectivity index (χ2v) is 3.21. The zero-order chi connectivity index (χ0) is 11.2. The van der Waals surface area contributed by atoms with Gasteiger partial charge in [0.05, 0.1) is 0 Å². The van der Waals surface area contributed by atoms with Crippen molar-refractivity contribution in [3.63, 3.8) is 0 Å². The van der Waals surface area contributed by atoms with Crippen LogP contribution in [0.15, 0.2) is 48.7 Å². The van der Waals surface area contributed by atoms with Gasteiger partial charge in [0.1, 0.15) is 6.61 Å². The molecule has 2 aromatic rings. The summed E-state index contributed by atoms with van der Waals surface area (Å²) in [5, 5.41) is 6.38. The molecule has 1 aromatic carbocycles. The summed E-state index contributed by atoms with van der Waals surface area (Å²) in [5.41, 5.74) is 1.23. The topological polar surface area (TPSA) is 53.3 Å². The number of H-pyrrole nitrogens is 1. The highest BCUT2D eigenvalue weighted by Crippen LogP contribution is 2.02. The molecule has 16 heavy (non-hydrogen) atoms. The number of nitrogens with zero attached hydrogens (tertiary/aromatic N) is 1. The van der Waals surface area contributed by atoms with Crippen molar-refractivity contribution in [3.8, 4) is 0 Å². The lowest BCUT2D eigenvalue weighted by molar-refractivity contribution is -0.455. The smallest absolute Gasteiger partial charge is 0.363 e. The third kappa shape index (κ3) is 2.63. The number of carbonyl (C=O) groups excluding carboxylic acids is 1. The summed E-state index contributed by atoms with van der Waals surface area (Å²) in [7, 11) is 0. The zero-order valence-corrected chi connectivity index (χ0v) is 8.59. The summed E-state index contributed by atoms with van der Waals surface area (Å²) in [4.78, 5) is 11.5. The van der Waals surface area contributed by atoms with Crippen LogP contribution in [0.4, 0.5) is 0 Å². The quantitative estimate of drug-likeness (QED) is 0.724. The Morgan fingerprint density at radius 2 is 2.00 bits per heavy atom. The van der Waals surface area contributed by atoms with Gasteiger partial charge in [-0.15, -0.1) is 5.10 Å². The lowest BCUT2D eigenvalue weighted by atomic mass is 10.2. The Hall–Kier alpha value is -2.23. The Morgan fingerprint density at radius 3 is 2.69 bits per heavy atom. The molecule has 0 aliphatic heterocycles. The van der Waals surface area contributed by atoms with Crippen molar-refractivity contribution >= 4 is 5.97 Å². The highest BCUT2D eigenvalue weighted by atomic mass is 16.5. The van der Waals surface area contributed by atoms with E-state index in [0.717, 1.165) is 5.56 Å². The number of carbonyl (C=O) groups is 1. The fourth-order valence-electron chi connectivity index (χ4n) is 1.24. The van der Waals surface area contributed by atoms with Crippen molar-refractivity contribution in [2.24, 2.45) is 0 Å². The maximum atomic E-state index is 11.5. The number of ether oxygens (including phenoxy) is 1. The van der Waals surface area contributed by atoms with Crippen molar-refractivity contribution in [2.75, 3.05) is 0 Å². The van der Waals surface area contributed by atoms with Crippen LogP contribution >= 0.6 is 0 Å². The first-order chi connectivity index (χ1) is 7.86. The molecule has 0 bridgehead atoms. The SMILES string of the molecule is O=C(OCc1ccccc1)c1ccc[nH+]n1. The molecular formula is C12H11N2O2+. The molecule has 0 amide bonds. The van der Waals surface area contributed by atoms with Crippen LogP contribution in [0.1, 0.15) is 16.1 Å². The maximum absolute atomic E-state index is 11.5. The molecule has 4 nitrogen and oxygen atoms in total. The predicted octanol–water partition coefficient (Wildman–Crippen LogP) is 1.25. The molecule has 0 spiro atoms. The minimum absolute atomic E-state index is 0.260. The first-order valence-corrected chi connectivity index (χ1v) is 4.90. The molecular weight excluding hydrogens is 204 g/mol. The van der Waals surface area contributed by atoms with Gasteiger partial charge >= 0.3 is 5.97 Å². The highest BCUT2D eigenvalue weighted by molar-refractivity contribution is 5.86. The number of aromatic nitrogens is 2. The molecule has 4 heteroatoms. The van der Waals surface area contributed by atoms with E-state index in [1.165, 1.54) is 0 Å². The van der Waals surface area contributed by atoms with Crippen molar-refractivity contribution in [1.82, 2.24) is 5.10 Å². The van der Waals surface area contributed by atoms with Crippen molar-refractivity contribution < 1.29 is 14.6 Å². The average molecular weight is 215 g/mol. The van der Waals surface area contributed by atoms with Gasteiger partial charge in [0.15, 0.2) is 6.20 Å². The summed E-state index contributed by atoms with van der Waals surface area (Å²) >= 11 is 0. The first-order valence-electron chi connectivity index (χ1n) is 4.90. The summed E-state index contributed by atoms with van der Waals surface area (Å²) in [6.07, 6.45) is 1.63. The third-order valence-electron chi connectivity index (χ3n) is 2.03. The monoisotopic (exact) mass is 215 g/mol. The Labute approximate surface area is 92.9 Å². The Kier molecular flexibility index (Phi) is 3.23. The van der Waals surface area contributed by atoms with Crippen LogP contribution in [0.5, 0.6) is 0 Å². The molecule has 1 aromatic heterocycles. The molecule has 1 N–H and O–H groups in total. The minimum atomic E-state index is -0.430. The third-order valence-corrected chi connectivity index (χ3v) is 2.03. The van der Waals surface area contributed by atoms with Crippen LogP contribution < -0.4 is 5.10 Å². The molecule has 0 saturated carbocycles. The molecule has 0 unspecified atom stereocenters. The normalized spacial score (nSPS) is 9.75. The van der Waals surface area contributed by atoms with E-state index < -0.39 is 5.97 Å². The number of hydrogen-bond donors (Lipinski definition) is 0. The van der Waals surface area contributed by atoms with E-state index in [2.05, 4.69) is 10.2 Å². The van der Waals surface area contributed by atoms with Gasteiger partial charge in [-0.05, 0) is 11.6 Å². The van der Waals surface area contributed by atoms with Crippen molar-refractivity contribution in [2.45, 2.75) is 6.61 Å². The number of aromatic amines is 1. The lowest BCUT2D eigenvalue weighted by Crippen LogP contribution is -2.15. The van der Waals surface area contributed by atoms with E-state index in [1.54, 1.807) is 18.3 Å². The van der Waals surface area contributed by atoms with E-state index >= 15 is 0 Å². The summed E-state index contributed by atoms with van der Waals surface area (Å²) < 4.78 is 5.09. The van der Waals surface area contributed by atoms with Gasteiger partial charge in [0, 0.05) is 11.2 Å². The fourth-order valence-corrected chi connectivity index (χ4v) is 1.24. The minimum Gasteiger partial charge on any atom is -0.456 e. The number of rotatable bonds is 3. The van der Waals surface area contributed by atoms with Gasteiger partial charge in [0.2, 0.25) is 5.69 Å². The molecule has 0 saturated heterocycles. The van der Waals surface area contributed by atoms with Crippen molar-refractivity contribution in [3.05, 3.63) is 59.9 Å². The molecule has 1 heterocycles. The molecule has 80 valence electrons. The summed E-state index contributed by atoms with van der Waals surface area (Å²) in [5.74, 6) is -0.430. The Balaban J connectivity index is 1.95. The Bertz CT molecular complexity index is 457. The van der Waals surface area contributed by atoms with Crippen LogP contribution in [0, 0.1) is 0 Å². The van der Waals surface area contributed by atoms with E-state index in [9.17, 15) is 4.79 Å². The largest absolute Gasteiger partial charge is 0.456 e. The average Bonchev–Trinajstić information content (AvgIpc) is 2.38. The van der Waals surface area contributed by atoms with Gasteiger partial charge in [-0.3, -0.25) is 0 Å². The predicted molar refractivity (Wildman–Crippen MR) is 56.4 cm³/mol. The van der Waals surface area contributed by atoms with Crippen LogP contribution in [-0.2, 0) is 11.3 Å². The molecule has 0 aliphatic rings. The molecule has 2 rings (SSSR count). The molecule has 0 aliphatic carbocycles. The van der Waals surface area contributed by atoms with Gasteiger partial charge in [0.25, 0.3) is 0 Å². The lowest BCUT2D eigenvalue weighted by Gasteiger charge is -2.02. The maximum Gasteiger partial charge on any atom is 0.363 e. The van der Waals surface area contributed by atoms with Gasteiger partial charge in [-0.1, -0.05) is 30.3 Å². The van der Waals surface area contributed by atoms with Crippen molar-refractivity contribution in [1.29, 1.82) is 0 Å². The van der Waals surface area contributed by atoms with E-state index in [1.807, 2.05) is 30.3 Å². The number of hydrogen-bond acceptors (Lipinski definition) is 3.